The zero-order chi connectivity index (χ0) is 16.1. The van der Waals surface area contributed by atoms with Crippen molar-refractivity contribution in [3.63, 3.8) is 0 Å². The van der Waals surface area contributed by atoms with Crippen LogP contribution in [0.15, 0.2) is 0 Å². The lowest BCUT2D eigenvalue weighted by Gasteiger charge is -2.44. The second kappa shape index (κ2) is 7.64. The third-order valence-electron chi connectivity index (χ3n) is 5.13. The summed E-state index contributed by atoms with van der Waals surface area (Å²) in [7, 11) is -3.18. The van der Waals surface area contributed by atoms with Crippen LogP contribution in [0.5, 0.6) is 0 Å². The normalized spacial score (nSPS) is 21.8. The Morgan fingerprint density at radius 3 is 2.27 bits per heavy atom. The average Bonchev–Trinajstić information content (AvgIpc) is 2.53. The van der Waals surface area contributed by atoms with Gasteiger partial charge in [0, 0.05) is 26.2 Å². The largest absolute Gasteiger partial charge is 0.337 e. The Balaban J connectivity index is 1.67. The van der Waals surface area contributed by atoms with Crippen LogP contribution in [0.25, 0.3) is 0 Å². The molecule has 0 aromatic carbocycles. The molecule has 1 aliphatic carbocycles. The highest BCUT2D eigenvalue weighted by molar-refractivity contribution is 7.89. The monoisotopic (exact) mass is 331 g/mol. The molecule has 0 aromatic rings. The van der Waals surface area contributed by atoms with Gasteiger partial charge < -0.3 is 10.2 Å². The Kier molecular flexibility index (Phi) is 6.09. The maximum atomic E-state index is 12.1. The van der Waals surface area contributed by atoms with Crippen LogP contribution < -0.4 is 10.0 Å². The van der Waals surface area contributed by atoms with E-state index >= 15 is 0 Å². The van der Waals surface area contributed by atoms with E-state index in [1.165, 1.54) is 32.1 Å². The van der Waals surface area contributed by atoms with Crippen molar-refractivity contribution < 1.29 is 13.2 Å². The van der Waals surface area contributed by atoms with E-state index in [2.05, 4.69) is 10.0 Å². The highest BCUT2D eigenvalue weighted by Gasteiger charge is 2.36. The van der Waals surface area contributed by atoms with Crippen LogP contribution in [-0.4, -0.2) is 51.3 Å². The predicted molar refractivity (Wildman–Crippen MR) is 87.2 cm³/mol. The van der Waals surface area contributed by atoms with Crippen molar-refractivity contribution in [1.29, 1.82) is 0 Å². The van der Waals surface area contributed by atoms with Crippen LogP contribution >= 0.6 is 0 Å². The molecule has 2 N–H and O–H groups in total. The van der Waals surface area contributed by atoms with Gasteiger partial charge in [0.05, 0.1) is 5.75 Å². The van der Waals surface area contributed by atoms with Gasteiger partial charge in [-0.05, 0) is 38.0 Å². The maximum Gasteiger partial charge on any atom is 0.317 e. The van der Waals surface area contributed by atoms with Crippen molar-refractivity contribution in [1.82, 2.24) is 14.9 Å². The van der Waals surface area contributed by atoms with Crippen molar-refractivity contribution in [2.45, 2.75) is 51.9 Å². The summed E-state index contributed by atoms with van der Waals surface area (Å²) in [6.07, 6.45) is 8.90. The lowest BCUT2D eigenvalue weighted by Crippen LogP contribution is -2.49. The fourth-order valence-corrected chi connectivity index (χ4v) is 4.19. The molecule has 0 unspecified atom stereocenters. The van der Waals surface area contributed by atoms with Gasteiger partial charge in [0.2, 0.25) is 10.0 Å². The molecule has 1 heterocycles. The topological polar surface area (TPSA) is 78.5 Å². The van der Waals surface area contributed by atoms with Gasteiger partial charge in [-0.1, -0.05) is 19.3 Å². The highest BCUT2D eigenvalue weighted by atomic mass is 32.2. The number of sulfonamides is 1. The number of nitrogens with one attached hydrogen (secondary N) is 2. The Bertz CT molecular complexity index is 462. The first kappa shape index (κ1) is 17.5. The molecular weight excluding hydrogens is 302 g/mol. The summed E-state index contributed by atoms with van der Waals surface area (Å²) in [4.78, 5) is 14.0. The fraction of sp³-hybridized carbons (Fsp3) is 0.933. The number of nitrogens with zero attached hydrogens (tertiary/aromatic N) is 1. The SMILES string of the molecule is CCS(=O)(=O)NCCNC(=O)N1CCC2(CCCCC2)CC1. The quantitative estimate of drug-likeness (QED) is 0.752. The van der Waals surface area contributed by atoms with Gasteiger partial charge in [0.1, 0.15) is 0 Å². The van der Waals surface area contributed by atoms with Crippen LogP contribution in [0.4, 0.5) is 4.79 Å². The van der Waals surface area contributed by atoms with E-state index in [1.807, 2.05) is 4.90 Å². The molecule has 2 aliphatic rings. The smallest absolute Gasteiger partial charge is 0.317 e. The third-order valence-corrected chi connectivity index (χ3v) is 6.53. The Morgan fingerprint density at radius 2 is 1.68 bits per heavy atom. The number of urea groups is 1. The van der Waals surface area contributed by atoms with Crippen LogP contribution in [0, 0.1) is 5.41 Å². The Morgan fingerprint density at radius 1 is 1.05 bits per heavy atom. The molecule has 1 aliphatic heterocycles. The maximum absolute atomic E-state index is 12.1. The van der Waals surface area contributed by atoms with Crippen molar-refractivity contribution in [2.24, 2.45) is 5.41 Å². The first-order chi connectivity index (χ1) is 10.5. The number of carbonyl (C=O) groups is 1. The van der Waals surface area contributed by atoms with Gasteiger partial charge in [-0.2, -0.15) is 0 Å². The van der Waals surface area contributed by atoms with Crippen LogP contribution in [0.1, 0.15) is 51.9 Å². The Hall–Kier alpha value is -0.820. The lowest BCUT2D eigenvalue weighted by atomic mass is 9.68. The number of rotatable bonds is 5. The molecule has 1 saturated carbocycles. The molecular formula is C15H29N3O3S. The van der Waals surface area contributed by atoms with Crippen LogP contribution in [-0.2, 0) is 10.0 Å². The molecule has 2 amide bonds. The highest BCUT2D eigenvalue weighted by Crippen LogP contribution is 2.44. The molecule has 128 valence electrons. The molecule has 6 nitrogen and oxygen atoms in total. The van der Waals surface area contributed by atoms with Gasteiger partial charge in [-0.25, -0.2) is 17.9 Å². The molecule has 22 heavy (non-hydrogen) atoms. The van der Waals surface area contributed by atoms with Crippen LogP contribution in [0.2, 0.25) is 0 Å². The summed E-state index contributed by atoms with van der Waals surface area (Å²) in [6.45, 7) is 3.83. The third kappa shape index (κ3) is 4.84. The summed E-state index contributed by atoms with van der Waals surface area (Å²) in [5, 5.41) is 2.80. The first-order valence-corrected chi connectivity index (χ1v) is 10.1. The predicted octanol–water partition coefficient (Wildman–Crippen LogP) is 1.68. The van der Waals surface area contributed by atoms with E-state index in [0.717, 1.165) is 25.9 Å². The summed E-state index contributed by atoms with van der Waals surface area (Å²) in [5.74, 6) is 0.0646. The van der Waals surface area contributed by atoms with Crippen LogP contribution in [0.3, 0.4) is 0 Å². The molecule has 7 heteroatoms. The molecule has 1 spiro atoms. The number of carbonyl (C=O) groups excluding carboxylic acids is 1. The van der Waals surface area contributed by atoms with Crippen molar-refractivity contribution in [3.8, 4) is 0 Å². The molecule has 0 aromatic heterocycles. The van der Waals surface area contributed by atoms with Crippen molar-refractivity contribution in [3.05, 3.63) is 0 Å². The lowest BCUT2D eigenvalue weighted by molar-refractivity contribution is 0.0813. The summed E-state index contributed by atoms with van der Waals surface area (Å²) < 4.78 is 25.0. The number of hydrogen-bond donors (Lipinski definition) is 2. The minimum atomic E-state index is -3.18. The van der Waals surface area contributed by atoms with Gasteiger partial charge in [-0.15, -0.1) is 0 Å². The minimum Gasteiger partial charge on any atom is -0.337 e. The van der Waals surface area contributed by atoms with E-state index in [0.29, 0.717) is 12.0 Å². The second-order valence-corrected chi connectivity index (χ2v) is 8.67. The molecule has 0 bridgehead atoms. The molecule has 2 rings (SSSR count). The van der Waals surface area contributed by atoms with Crippen molar-refractivity contribution >= 4 is 16.1 Å². The Labute approximate surface area is 134 Å². The van der Waals surface area contributed by atoms with Gasteiger partial charge in [0.25, 0.3) is 0 Å². The number of likely N-dealkylation sites (tertiary alicyclic amines) is 1. The zero-order valence-electron chi connectivity index (χ0n) is 13.6. The van der Waals surface area contributed by atoms with Gasteiger partial charge in [-0.3, -0.25) is 0 Å². The summed E-state index contributed by atoms with van der Waals surface area (Å²) in [5.41, 5.74) is 0.492. The van der Waals surface area contributed by atoms with E-state index in [9.17, 15) is 13.2 Å². The van der Waals surface area contributed by atoms with E-state index in [-0.39, 0.29) is 18.3 Å². The van der Waals surface area contributed by atoms with Crippen molar-refractivity contribution in [2.75, 3.05) is 31.9 Å². The molecule has 0 radical (unpaired) electrons. The van der Waals surface area contributed by atoms with E-state index in [4.69, 9.17) is 0 Å². The standard InChI is InChI=1S/C15H29N3O3S/c1-2-22(20,21)17-11-10-16-14(19)18-12-8-15(9-13-18)6-4-3-5-7-15/h17H,2-13H2,1H3,(H,16,19). The number of amides is 2. The number of piperidine rings is 1. The first-order valence-electron chi connectivity index (χ1n) is 8.46. The van der Waals surface area contributed by atoms with Gasteiger partial charge >= 0.3 is 6.03 Å². The second-order valence-electron chi connectivity index (χ2n) is 6.58. The van der Waals surface area contributed by atoms with Gasteiger partial charge in [0.15, 0.2) is 0 Å². The number of hydrogen-bond acceptors (Lipinski definition) is 3. The van der Waals surface area contributed by atoms with E-state index < -0.39 is 10.0 Å². The molecule has 0 atom stereocenters. The summed E-state index contributed by atoms with van der Waals surface area (Å²) in [6, 6.07) is -0.0682. The zero-order valence-corrected chi connectivity index (χ0v) is 14.4. The molecule has 1 saturated heterocycles. The average molecular weight is 331 g/mol. The van der Waals surface area contributed by atoms with E-state index in [1.54, 1.807) is 6.92 Å². The summed E-state index contributed by atoms with van der Waals surface area (Å²) >= 11 is 0. The molecule has 2 fully saturated rings. The minimum absolute atomic E-state index is 0.0646. The fourth-order valence-electron chi connectivity index (χ4n) is 3.58.